The molecule has 0 spiro atoms. The molecule has 1 nitrogen and oxygen atoms in total. The second-order valence-electron chi connectivity index (χ2n) is 4.10. The van der Waals surface area contributed by atoms with E-state index in [0.717, 1.165) is 16.0 Å². The molecule has 0 aliphatic heterocycles. The van der Waals surface area contributed by atoms with Gasteiger partial charge >= 0.3 is 17.1 Å². The summed E-state index contributed by atoms with van der Waals surface area (Å²) in [6.07, 6.45) is 17.2. The summed E-state index contributed by atoms with van der Waals surface area (Å²) in [7, 11) is 0. The van der Waals surface area contributed by atoms with Crippen LogP contribution in [0.25, 0.3) is 0 Å². The van der Waals surface area contributed by atoms with Crippen LogP contribution in [-0.4, -0.2) is 5.11 Å². The van der Waals surface area contributed by atoms with Gasteiger partial charge in [0.15, 0.2) is 0 Å². The maximum Gasteiger partial charge on any atom is 2.00 e. The van der Waals surface area contributed by atoms with Crippen molar-refractivity contribution >= 4 is 15.9 Å². The third-order valence-electron chi connectivity index (χ3n) is 2.76. The minimum Gasteiger partial charge on any atom is -0.388 e. The first-order valence-corrected chi connectivity index (χ1v) is 6.89. The quantitative estimate of drug-likeness (QED) is 0.782. The van der Waals surface area contributed by atoms with Crippen LogP contribution >= 0.6 is 15.9 Å². The van der Waals surface area contributed by atoms with Crippen LogP contribution in [0.3, 0.4) is 0 Å². The second kappa shape index (κ2) is 10.00. The molecule has 0 aromatic heterocycles. The zero-order valence-electron chi connectivity index (χ0n) is 10.8. The second-order valence-corrected chi connectivity index (χ2v) is 4.96. The Balaban J connectivity index is 0.000000283. The average molecular weight is 371 g/mol. The van der Waals surface area contributed by atoms with Crippen LogP contribution in [-0.2, 0) is 17.1 Å². The Morgan fingerprint density at radius 3 is 1.80 bits per heavy atom. The Hall–Kier alpha value is 0.179. The smallest absolute Gasteiger partial charge is 0.388 e. The molecule has 2 saturated carbocycles. The standard InChI is InChI=1S/C12H10BrO.C5H5.Fe/c13-11-8-4-3-7-10(11)12(14)9-5-1-2-6-9;1-2-4-5-3-1;/h1-8,12,14H;1-5H;/q;;+2/t12-;;/m1../s1. The molecule has 1 aromatic rings. The van der Waals surface area contributed by atoms with Gasteiger partial charge in [0.1, 0.15) is 0 Å². The molecule has 3 heteroatoms. The van der Waals surface area contributed by atoms with Crippen molar-refractivity contribution in [3.05, 3.63) is 98.0 Å². The number of benzene rings is 1. The van der Waals surface area contributed by atoms with E-state index in [0.29, 0.717) is 0 Å². The van der Waals surface area contributed by atoms with Gasteiger partial charge in [0, 0.05) is 10.4 Å². The van der Waals surface area contributed by atoms with Crippen molar-refractivity contribution in [3.63, 3.8) is 0 Å². The molecule has 102 valence electrons. The predicted molar refractivity (Wildman–Crippen MR) is 81.0 cm³/mol. The van der Waals surface area contributed by atoms with Gasteiger partial charge in [0.2, 0.25) is 0 Å². The SMILES string of the molecule is O[C@H]([C]1[CH][CH][CH][CH]1)c1ccccc1Br.[CH]1[CH][CH][CH][CH]1.[Fe+2]. The van der Waals surface area contributed by atoms with Gasteiger partial charge in [-0.25, -0.2) is 0 Å². The third kappa shape index (κ3) is 5.52. The molecule has 0 bridgehead atoms. The zero-order valence-corrected chi connectivity index (χ0v) is 13.5. The van der Waals surface area contributed by atoms with Crippen LogP contribution in [0, 0.1) is 63.7 Å². The number of aliphatic hydroxyl groups is 1. The van der Waals surface area contributed by atoms with Gasteiger partial charge in [-0.3, -0.25) is 0 Å². The van der Waals surface area contributed by atoms with Gasteiger partial charge in [0.05, 0.1) is 6.10 Å². The minimum atomic E-state index is -0.541. The summed E-state index contributed by atoms with van der Waals surface area (Å²) in [5, 5.41) is 10.0. The van der Waals surface area contributed by atoms with Gasteiger partial charge in [-0.05, 0) is 69.4 Å². The first-order valence-electron chi connectivity index (χ1n) is 6.10. The number of hydrogen-bond donors (Lipinski definition) is 1. The first kappa shape index (κ1) is 18.2. The summed E-state index contributed by atoms with van der Waals surface area (Å²) in [5.74, 6) is 0.928. The first-order chi connectivity index (χ1) is 9.29. The monoisotopic (exact) mass is 370 g/mol. The number of halogens is 1. The summed E-state index contributed by atoms with van der Waals surface area (Å²) in [6.45, 7) is 0. The van der Waals surface area contributed by atoms with Gasteiger partial charge in [-0.2, -0.15) is 0 Å². The fourth-order valence-corrected chi connectivity index (χ4v) is 2.27. The van der Waals surface area contributed by atoms with Gasteiger partial charge in [-0.1, -0.05) is 34.1 Å². The van der Waals surface area contributed by atoms with Crippen LogP contribution < -0.4 is 0 Å². The van der Waals surface area contributed by atoms with E-state index >= 15 is 0 Å². The van der Waals surface area contributed by atoms with Crippen molar-refractivity contribution in [2.45, 2.75) is 6.10 Å². The average Bonchev–Trinajstić information content (AvgIpc) is 3.14. The van der Waals surface area contributed by atoms with Crippen molar-refractivity contribution in [1.29, 1.82) is 0 Å². The molecule has 10 radical (unpaired) electrons. The number of aliphatic hydroxyl groups excluding tert-OH is 1. The van der Waals surface area contributed by atoms with E-state index in [1.807, 2.05) is 82.1 Å². The summed E-state index contributed by atoms with van der Waals surface area (Å²) in [5.41, 5.74) is 0.902. The summed E-state index contributed by atoms with van der Waals surface area (Å²) >= 11 is 3.42. The van der Waals surface area contributed by atoms with Crippen molar-refractivity contribution in [3.8, 4) is 0 Å². The zero-order chi connectivity index (χ0) is 13.5. The molecule has 0 saturated heterocycles. The molecule has 1 atom stereocenters. The maximum absolute atomic E-state index is 10.0. The normalized spacial score (nSPS) is 19.9. The van der Waals surface area contributed by atoms with Gasteiger partial charge in [-0.15, -0.1) is 0 Å². The number of rotatable bonds is 2. The molecule has 0 unspecified atom stereocenters. The molecule has 20 heavy (non-hydrogen) atoms. The maximum atomic E-state index is 10.0. The van der Waals surface area contributed by atoms with Crippen molar-refractivity contribution < 1.29 is 22.2 Å². The Morgan fingerprint density at radius 1 is 0.800 bits per heavy atom. The largest absolute Gasteiger partial charge is 2.00 e. The van der Waals surface area contributed by atoms with E-state index in [9.17, 15) is 5.11 Å². The van der Waals surface area contributed by atoms with E-state index in [1.165, 1.54) is 0 Å². The van der Waals surface area contributed by atoms with E-state index in [4.69, 9.17) is 0 Å². The molecule has 2 aliphatic carbocycles. The fraction of sp³-hybridized carbons (Fsp3) is 0.0588. The molecule has 0 heterocycles. The number of hydrogen-bond acceptors (Lipinski definition) is 1. The summed E-state index contributed by atoms with van der Waals surface area (Å²) in [4.78, 5) is 0. The molecule has 3 rings (SSSR count). The van der Waals surface area contributed by atoms with E-state index in [1.54, 1.807) is 0 Å². The van der Waals surface area contributed by atoms with Crippen LogP contribution in [0.15, 0.2) is 28.7 Å². The predicted octanol–water partition coefficient (Wildman–Crippen LogP) is 3.91. The molecule has 0 amide bonds. The van der Waals surface area contributed by atoms with Crippen molar-refractivity contribution in [1.82, 2.24) is 0 Å². The Labute approximate surface area is 142 Å². The molecule has 1 N–H and O–H groups in total. The van der Waals surface area contributed by atoms with E-state index in [2.05, 4.69) is 15.9 Å². The van der Waals surface area contributed by atoms with Crippen molar-refractivity contribution in [2.24, 2.45) is 0 Å². The Kier molecular flexibility index (Phi) is 9.11. The molecular weight excluding hydrogens is 356 g/mol. The van der Waals surface area contributed by atoms with E-state index < -0.39 is 6.10 Å². The summed E-state index contributed by atoms with van der Waals surface area (Å²) in [6, 6.07) is 7.71. The molecule has 2 fully saturated rings. The Morgan fingerprint density at radius 2 is 1.30 bits per heavy atom. The third-order valence-corrected chi connectivity index (χ3v) is 3.48. The van der Waals surface area contributed by atoms with Gasteiger partial charge in [0.25, 0.3) is 0 Å². The minimum absolute atomic E-state index is 0. The topological polar surface area (TPSA) is 20.2 Å². The van der Waals surface area contributed by atoms with Crippen LogP contribution in [0.5, 0.6) is 0 Å². The van der Waals surface area contributed by atoms with Crippen LogP contribution in [0.1, 0.15) is 11.7 Å². The summed E-state index contributed by atoms with van der Waals surface area (Å²) < 4.78 is 0.939. The van der Waals surface area contributed by atoms with E-state index in [-0.39, 0.29) is 17.1 Å². The molecule has 1 aromatic carbocycles. The Bertz CT molecular complexity index is 365. The van der Waals surface area contributed by atoms with Gasteiger partial charge < -0.3 is 5.11 Å². The van der Waals surface area contributed by atoms with Crippen LogP contribution in [0.2, 0.25) is 0 Å². The van der Waals surface area contributed by atoms with Crippen LogP contribution in [0.4, 0.5) is 0 Å². The molecule has 2 aliphatic rings. The fourth-order valence-electron chi connectivity index (χ4n) is 1.77. The molecular formula is C17H15BrFeO+2. The van der Waals surface area contributed by atoms with Crippen molar-refractivity contribution in [2.75, 3.05) is 0 Å².